The van der Waals surface area contributed by atoms with Gasteiger partial charge in [0.1, 0.15) is 0 Å². The van der Waals surface area contributed by atoms with Gasteiger partial charge in [-0.3, -0.25) is 0 Å². The molecule has 0 aromatic heterocycles. The van der Waals surface area contributed by atoms with E-state index >= 15 is 0 Å². The van der Waals surface area contributed by atoms with Crippen LogP contribution in [-0.2, 0) is 0 Å². The van der Waals surface area contributed by atoms with Crippen molar-refractivity contribution in [1.29, 1.82) is 0 Å². The summed E-state index contributed by atoms with van der Waals surface area (Å²) in [6.45, 7) is 12.0. The van der Waals surface area contributed by atoms with Gasteiger partial charge in [0.05, 0.1) is 0 Å². The summed E-state index contributed by atoms with van der Waals surface area (Å²) in [5.41, 5.74) is 0. The van der Waals surface area contributed by atoms with Crippen LogP contribution in [0.4, 0.5) is 0 Å². The van der Waals surface area contributed by atoms with Crippen molar-refractivity contribution in [3.05, 3.63) is 25.3 Å². The second kappa shape index (κ2) is 17.6. The molecule has 0 aromatic rings. The summed E-state index contributed by atoms with van der Waals surface area (Å²) >= 11 is 0.175. The lowest BCUT2D eigenvalue weighted by molar-refractivity contribution is 0.212. The van der Waals surface area contributed by atoms with Crippen molar-refractivity contribution < 1.29 is 5.11 Å². The first-order valence-corrected chi connectivity index (χ1v) is 8.59. The lowest BCUT2D eigenvalue weighted by Gasteiger charge is -2.08. The third kappa shape index (κ3) is 16.6. The zero-order valence-electron chi connectivity index (χ0n) is 11.3. The van der Waals surface area contributed by atoms with Gasteiger partial charge >= 0.3 is 20.4 Å². The fourth-order valence-electron chi connectivity index (χ4n) is 1.32. The molecule has 0 heterocycles. The molecule has 92 valence electrons. The molecule has 1 nitrogen and oxygen atoms in total. The topological polar surface area (TPSA) is 20.2 Å². The molecule has 0 fully saturated rings. The molecule has 0 aliphatic heterocycles. The predicted molar refractivity (Wildman–Crippen MR) is 76.2 cm³/mol. The monoisotopic (exact) mass is 236 g/mol. The van der Waals surface area contributed by atoms with E-state index < -0.39 is 0 Å². The van der Waals surface area contributed by atoms with E-state index in [1.807, 2.05) is 12.2 Å². The van der Waals surface area contributed by atoms with Crippen molar-refractivity contribution in [3.63, 3.8) is 0 Å². The van der Waals surface area contributed by atoms with Crippen LogP contribution in [-0.4, -0.2) is 32.1 Å². The van der Waals surface area contributed by atoms with E-state index in [0.29, 0.717) is 12.5 Å². The average Bonchev–Trinajstić information content (AvgIpc) is 2.32. The van der Waals surface area contributed by atoms with Crippen molar-refractivity contribution in [2.75, 3.05) is 6.61 Å². The number of unbranched alkanes of at least 4 members (excludes halogenated alkanes) is 1. The maximum atomic E-state index is 8.75. The summed E-state index contributed by atoms with van der Waals surface area (Å²) in [5.74, 6) is 0.560. The van der Waals surface area contributed by atoms with Gasteiger partial charge in [0.2, 0.25) is 0 Å². The molecule has 0 saturated carbocycles. The van der Waals surface area contributed by atoms with Crippen molar-refractivity contribution in [3.8, 4) is 0 Å². The Morgan fingerprint density at radius 3 is 2.06 bits per heavy atom. The minimum Gasteiger partial charge on any atom is -0.396 e. The summed E-state index contributed by atoms with van der Waals surface area (Å²) in [4.78, 5) is 0. The van der Waals surface area contributed by atoms with Gasteiger partial charge in [-0.2, -0.15) is 0 Å². The molecule has 0 amide bonds. The number of aliphatic hydroxyl groups excluding tert-OH is 1. The van der Waals surface area contributed by atoms with Gasteiger partial charge in [-0.25, -0.2) is 0 Å². The SMILES string of the molecule is C=C[CH2][Mg][CH2]C=C.CCCCC(CC)CO. The van der Waals surface area contributed by atoms with Gasteiger partial charge in [0.25, 0.3) is 0 Å². The van der Waals surface area contributed by atoms with Gasteiger partial charge in [-0.15, -0.1) is 34.4 Å². The second-order valence-corrected chi connectivity index (χ2v) is 5.97. The minimum atomic E-state index is 0.175. The summed E-state index contributed by atoms with van der Waals surface area (Å²) in [5, 5.41) is 8.75. The maximum absolute atomic E-state index is 8.75. The molecular weight excluding hydrogens is 208 g/mol. The predicted octanol–water partition coefficient (Wildman–Crippen LogP) is 4.09. The number of hydrogen-bond donors (Lipinski definition) is 1. The largest absolute Gasteiger partial charge is 0.396 e. The van der Waals surface area contributed by atoms with Crippen LogP contribution in [0.25, 0.3) is 0 Å². The molecule has 1 N–H and O–H groups in total. The Hall–Kier alpha value is 0.206. The Balaban J connectivity index is 0. The molecule has 0 rings (SSSR count). The lowest BCUT2D eigenvalue weighted by atomic mass is 10.0. The molecule has 1 atom stereocenters. The molecule has 0 radical (unpaired) electrons. The highest BCUT2D eigenvalue weighted by molar-refractivity contribution is 6.36. The van der Waals surface area contributed by atoms with E-state index in [4.69, 9.17) is 5.11 Å². The lowest BCUT2D eigenvalue weighted by Crippen LogP contribution is -2.03. The fourth-order valence-corrected chi connectivity index (χ4v) is 2.14. The highest BCUT2D eigenvalue weighted by atomic mass is 24.5. The molecule has 1 unspecified atom stereocenters. The van der Waals surface area contributed by atoms with Gasteiger partial charge in [0.15, 0.2) is 0 Å². The van der Waals surface area contributed by atoms with Gasteiger partial charge < -0.3 is 5.11 Å². The van der Waals surface area contributed by atoms with Gasteiger partial charge in [0, 0.05) is 6.61 Å². The number of rotatable bonds is 9. The van der Waals surface area contributed by atoms with Gasteiger partial charge in [-0.05, 0) is 12.3 Å². The molecule has 0 spiro atoms. The smallest absolute Gasteiger partial charge is 0.375 e. The first kappa shape index (κ1) is 18.6. The first-order chi connectivity index (χ1) is 7.76. The summed E-state index contributed by atoms with van der Waals surface area (Å²) in [6.07, 6.45) is 8.82. The molecule has 0 aliphatic carbocycles. The molecule has 0 saturated heterocycles. The van der Waals surface area contributed by atoms with Crippen molar-refractivity contribution >= 4 is 20.4 Å². The highest BCUT2D eigenvalue weighted by Crippen LogP contribution is 2.10. The van der Waals surface area contributed by atoms with Crippen molar-refractivity contribution in [2.45, 2.75) is 48.6 Å². The quantitative estimate of drug-likeness (QED) is 0.363. The third-order valence-electron chi connectivity index (χ3n) is 2.62. The van der Waals surface area contributed by atoms with Crippen LogP contribution in [0.2, 0.25) is 9.10 Å². The average molecular weight is 237 g/mol. The van der Waals surface area contributed by atoms with Crippen LogP contribution >= 0.6 is 0 Å². The number of allylic oxidation sites excluding steroid dienone is 2. The standard InChI is InChI=1S/C8H18O.2C3H5.Mg/c1-3-5-6-8(4-2)7-9;2*1-3-2;/h8-9H,3-7H2,1-2H3;2*3H,1-2H2;. The first-order valence-electron chi connectivity index (χ1n) is 6.59. The number of aliphatic hydroxyl groups is 1. The second-order valence-electron chi connectivity index (χ2n) is 4.11. The third-order valence-corrected chi connectivity index (χ3v) is 4.25. The van der Waals surface area contributed by atoms with E-state index in [1.165, 1.54) is 28.4 Å². The van der Waals surface area contributed by atoms with Crippen molar-refractivity contribution in [1.82, 2.24) is 0 Å². The van der Waals surface area contributed by atoms with Gasteiger partial charge in [-0.1, -0.05) is 33.1 Å². The van der Waals surface area contributed by atoms with E-state index in [9.17, 15) is 0 Å². The van der Waals surface area contributed by atoms with Crippen LogP contribution < -0.4 is 0 Å². The van der Waals surface area contributed by atoms with Crippen LogP contribution in [0.15, 0.2) is 25.3 Å². The van der Waals surface area contributed by atoms with E-state index in [2.05, 4.69) is 27.0 Å². The Morgan fingerprint density at radius 2 is 1.75 bits per heavy atom. The Labute approximate surface area is 112 Å². The van der Waals surface area contributed by atoms with E-state index in [0.717, 1.165) is 6.42 Å². The highest BCUT2D eigenvalue weighted by Gasteiger charge is 2.01. The Kier molecular flexibility index (Phi) is 20.4. The summed E-state index contributed by atoms with van der Waals surface area (Å²) in [6, 6.07) is 0. The maximum Gasteiger partial charge on any atom is 0.375 e. The van der Waals surface area contributed by atoms with Crippen LogP contribution in [0.5, 0.6) is 0 Å². The zero-order valence-corrected chi connectivity index (χ0v) is 12.7. The Morgan fingerprint density at radius 1 is 1.19 bits per heavy atom. The summed E-state index contributed by atoms with van der Waals surface area (Å²) in [7, 11) is 0. The van der Waals surface area contributed by atoms with E-state index in [-0.39, 0.29) is 20.4 Å². The zero-order chi connectivity index (χ0) is 12.6. The molecule has 0 aliphatic rings. The summed E-state index contributed by atoms with van der Waals surface area (Å²) < 4.78 is 2.51. The number of hydrogen-bond acceptors (Lipinski definition) is 1. The molecule has 16 heavy (non-hydrogen) atoms. The molecule has 2 heteroatoms. The van der Waals surface area contributed by atoms with Crippen LogP contribution in [0.1, 0.15) is 39.5 Å². The molecule has 0 aromatic carbocycles. The van der Waals surface area contributed by atoms with E-state index in [1.54, 1.807) is 0 Å². The van der Waals surface area contributed by atoms with Crippen LogP contribution in [0, 0.1) is 5.92 Å². The fraction of sp³-hybridized carbons (Fsp3) is 0.714. The van der Waals surface area contributed by atoms with Crippen LogP contribution in [0.3, 0.4) is 0 Å². The minimum absolute atomic E-state index is 0.175. The molecular formula is C14H28MgO. The van der Waals surface area contributed by atoms with Crippen molar-refractivity contribution in [2.24, 2.45) is 5.92 Å². The Bertz CT molecular complexity index is 134. The normalized spacial score (nSPS) is 10.7. The molecule has 0 bridgehead atoms.